The van der Waals surface area contributed by atoms with E-state index in [9.17, 15) is 13.2 Å². The maximum Gasteiger partial charge on any atom is 0.243 e. The summed E-state index contributed by atoms with van der Waals surface area (Å²) in [5.41, 5.74) is 4.62. The molecule has 1 saturated heterocycles. The molecule has 0 bridgehead atoms. The van der Waals surface area contributed by atoms with Crippen LogP contribution in [0.5, 0.6) is 0 Å². The minimum Gasteiger partial charge on any atom is -0.440 e. The van der Waals surface area contributed by atoms with Gasteiger partial charge in [-0.15, -0.1) is 0 Å². The summed E-state index contributed by atoms with van der Waals surface area (Å²) in [5, 5.41) is 2.99. The third-order valence-corrected chi connectivity index (χ3v) is 9.28. The highest BCUT2D eigenvalue weighted by molar-refractivity contribution is 7.89. The first-order chi connectivity index (χ1) is 16.5. The number of aromatic nitrogens is 1. The van der Waals surface area contributed by atoms with Crippen molar-refractivity contribution < 1.29 is 17.6 Å². The highest BCUT2D eigenvalue weighted by Gasteiger charge is 2.33. The molecule has 0 radical (unpaired) electrons. The zero-order valence-corrected chi connectivity index (χ0v) is 19.9. The van der Waals surface area contributed by atoms with Gasteiger partial charge in [0.25, 0.3) is 0 Å². The number of amides is 1. The van der Waals surface area contributed by atoms with Crippen molar-refractivity contribution in [2.75, 3.05) is 18.4 Å². The summed E-state index contributed by atoms with van der Waals surface area (Å²) in [6.07, 6.45) is 7.52. The number of sulfonamides is 1. The second-order valence-corrected chi connectivity index (χ2v) is 11.8. The zero-order chi connectivity index (χ0) is 23.3. The number of carbonyl (C=O) groups excluding carboxylic acids is 1. The lowest BCUT2D eigenvalue weighted by Crippen LogP contribution is -2.41. The summed E-state index contributed by atoms with van der Waals surface area (Å²) in [6.45, 7) is 0.704. The monoisotopic (exact) mass is 479 g/mol. The number of oxazole rings is 1. The van der Waals surface area contributed by atoms with E-state index in [0.717, 1.165) is 54.7 Å². The Morgan fingerprint density at radius 3 is 2.50 bits per heavy atom. The number of hydrogen-bond donors (Lipinski definition) is 1. The molecule has 8 heteroatoms. The number of rotatable bonds is 5. The van der Waals surface area contributed by atoms with Crippen molar-refractivity contribution in [2.24, 2.45) is 5.92 Å². The van der Waals surface area contributed by atoms with E-state index in [0.29, 0.717) is 42.4 Å². The predicted octanol–water partition coefficient (Wildman–Crippen LogP) is 4.62. The molecule has 0 unspecified atom stereocenters. The molecule has 34 heavy (non-hydrogen) atoms. The van der Waals surface area contributed by atoms with Gasteiger partial charge >= 0.3 is 0 Å². The largest absolute Gasteiger partial charge is 0.440 e. The topological polar surface area (TPSA) is 92.5 Å². The Balaban J connectivity index is 1.09. The quantitative estimate of drug-likeness (QED) is 0.576. The Kier molecular flexibility index (Phi) is 5.45. The number of nitrogens with one attached hydrogen (secondary N) is 1. The molecule has 6 rings (SSSR count). The fraction of sp³-hybridized carbons (Fsp3) is 0.462. The summed E-state index contributed by atoms with van der Waals surface area (Å²) < 4.78 is 33.8. The van der Waals surface area contributed by atoms with Gasteiger partial charge in [0.05, 0.1) is 4.90 Å². The van der Waals surface area contributed by atoms with Crippen LogP contribution in [0.3, 0.4) is 0 Å². The third kappa shape index (κ3) is 4.14. The molecular weight excluding hydrogens is 450 g/mol. The van der Waals surface area contributed by atoms with Crippen LogP contribution in [0.25, 0.3) is 11.1 Å². The van der Waals surface area contributed by atoms with E-state index in [1.54, 1.807) is 6.07 Å². The van der Waals surface area contributed by atoms with E-state index in [2.05, 4.69) is 10.3 Å². The van der Waals surface area contributed by atoms with Gasteiger partial charge in [-0.3, -0.25) is 4.79 Å². The molecule has 7 nitrogen and oxygen atoms in total. The molecule has 178 valence electrons. The summed E-state index contributed by atoms with van der Waals surface area (Å²) in [4.78, 5) is 17.8. The Bertz CT molecular complexity index is 1350. The molecule has 0 spiro atoms. The average molecular weight is 480 g/mol. The third-order valence-electron chi connectivity index (χ3n) is 7.38. The molecule has 1 aromatic heterocycles. The lowest BCUT2D eigenvalue weighted by Gasteiger charge is -2.31. The Morgan fingerprint density at radius 2 is 1.74 bits per heavy atom. The molecule has 1 aliphatic heterocycles. The van der Waals surface area contributed by atoms with E-state index in [4.69, 9.17) is 4.42 Å². The lowest BCUT2D eigenvalue weighted by atomic mass is 9.92. The zero-order valence-electron chi connectivity index (χ0n) is 19.1. The van der Waals surface area contributed by atoms with Crippen LogP contribution in [0, 0.1) is 5.92 Å². The minimum absolute atomic E-state index is 0.0731. The van der Waals surface area contributed by atoms with Crippen molar-refractivity contribution in [3.63, 3.8) is 0 Å². The van der Waals surface area contributed by atoms with E-state index >= 15 is 0 Å². The number of piperidine rings is 1. The molecule has 2 aliphatic carbocycles. The number of fused-ring (bicyclic) bond motifs is 2. The van der Waals surface area contributed by atoms with Gasteiger partial charge in [0.1, 0.15) is 5.52 Å². The van der Waals surface area contributed by atoms with Gasteiger partial charge in [-0.2, -0.15) is 4.31 Å². The first-order valence-electron chi connectivity index (χ1n) is 12.3. The van der Waals surface area contributed by atoms with Crippen LogP contribution in [0.1, 0.15) is 61.5 Å². The van der Waals surface area contributed by atoms with Gasteiger partial charge in [-0.1, -0.05) is 6.07 Å². The fourth-order valence-electron chi connectivity index (χ4n) is 5.15. The van der Waals surface area contributed by atoms with Crippen LogP contribution < -0.4 is 5.32 Å². The van der Waals surface area contributed by atoms with Gasteiger partial charge in [0, 0.05) is 30.6 Å². The maximum absolute atomic E-state index is 13.2. The average Bonchev–Trinajstić information content (AvgIpc) is 3.63. The molecule has 2 fully saturated rings. The smallest absolute Gasteiger partial charge is 0.243 e. The maximum atomic E-state index is 13.2. The van der Waals surface area contributed by atoms with E-state index in [1.165, 1.54) is 16.3 Å². The van der Waals surface area contributed by atoms with Crippen molar-refractivity contribution in [3.05, 3.63) is 53.4 Å². The normalized spacial score (nSPS) is 19.8. The number of benzene rings is 2. The van der Waals surface area contributed by atoms with Gasteiger partial charge in [-0.25, -0.2) is 13.4 Å². The number of hydrogen-bond acceptors (Lipinski definition) is 5. The van der Waals surface area contributed by atoms with E-state index in [-0.39, 0.29) is 11.8 Å². The number of nitrogens with zero attached hydrogens (tertiary/aromatic N) is 2. The summed E-state index contributed by atoms with van der Waals surface area (Å²) in [5.74, 6) is 0.931. The number of carbonyl (C=O) groups is 1. The molecule has 3 aromatic rings. The van der Waals surface area contributed by atoms with Gasteiger partial charge in [-0.05, 0) is 92.8 Å². The molecule has 1 amide bonds. The minimum atomic E-state index is -3.54. The van der Waals surface area contributed by atoms with Crippen LogP contribution >= 0.6 is 0 Å². The van der Waals surface area contributed by atoms with E-state index in [1.807, 2.05) is 30.3 Å². The SMILES string of the molecule is O=C(Nc1ccc2oc(C3CC3)nc2c1)C1CCN(S(=O)(=O)c2ccc3c(c2)CCCC3)CC1. The van der Waals surface area contributed by atoms with Crippen molar-refractivity contribution in [1.82, 2.24) is 9.29 Å². The molecule has 1 N–H and O–H groups in total. The fourth-order valence-corrected chi connectivity index (χ4v) is 6.67. The molecular formula is C26H29N3O4S. The number of aryl methyl sites for hydroxylation is 2. The van der Waals surface area contributed by atoms with Gasteiger partial charge in [0.15, 0.2) is 11.5 Å². The van der Waals surface area contributed by atoms with Crippen molar-refractivity contribution >= 4 is 32.7 Å². The molecule has 0 atom stereocenters. The Labute approximate surface area is 199 Å². The van der Waals surface area contributed by atoms with Crippen LogP contribution in [0.4, 0.5) is 5.69 Å². The number of anilines is 1. The summed E-state index contributed by atoms with van der Waals surface area (Å²) >= 11 is 0. The Hall–Kier alpha value is -2.71. The second-order valence-electron chi connectivity index (χ2n) is 9.81. The summed E-state index contributed by atoms with van der Waals surface area (Å²) in [7, 11) is -3.54. The molecule has 1 saturated carbocycles. The lowest BCUT2D eigenvalue weighted by molar-refractivity contribution is -0.120. The van der Waals surface area contributed by atoms with Crippen molar-refractivity contribution in [3.8, 4) is 0 Å². The van der Waals surface area contributed by atoms with Crippen LogP contribution in [-0.2, 0) is 27.7 Å². The highest BCUT2D eigenvalue weighted by atomic mass is 32.2. The van der Waals surface area contributed by atoms with Crippen LogP contribution in [0.15, 0.2) is 45.7 Å². The summed E-state index contributed by atoms with van der Waals surface area (Å²) in [6, 6.07) is 11.1. The van der Waals surface area contributed by atoms with Crippen molar-refractivity contribution in [2.45, 2.75) is 62.2 Å². The van der Waals surface area contributed by atoms with Crippen LogP contribution in [-0.4, -0.2) is 36.7 Å². The molecule has 3 aliphatic rings. The van der Waals surface area contributed by atoms with Crippen molar-refractivity contribution in [1.29, 1.82) is 0 Å². The molecule has 2 heterocycles. The van der Waals surface area contributed by atoms with Gasteiger partial charge < -0.3 is 9.73 Å². The predicted molar refractivity (Wildman–Crippen MR) is 129 cm³/mol. The van der Waals surface area contributed by atoms with Crippen LogP contribution in [0.2, 0.25) is 0 Å². The highest BCUT2D eigenvalue weighted by Crippen LogP contribution is 2.40. The molecule has 2 aromatic carbocycles. The first kappa shape index (κ1) is 21.8. The first-order valence-corrected chi connectivity index (χ1v) is 13.7. The standard InChI is InChI=1S/C26H29N3O4S/c30-25(27-21-8-10-24-23(16-21)28-26(33-24)19-5-6-19)18-11-13-29(14-12-18)34(31,32)22-9-7-17-3-1-2-4-20(17)15-22/h7-10,15-16,18-19H,1-6,11-14H2,(H,27,30). The van der Waals surface area contributed by atoms with Gasteiger partial charge in [0.2, 0.25) is 15.9 Å². The van der Waals surface area contributed by atoms with E-state index < -0.39 is 10.0 Å². The Morgan fingerprint density at radius 1 is 0.971 bits per heavy atom. The second kappa shape index (κ2) is 8.50.